The van der Waals surface area contributed by atoms with Gasteiger partial charge in [-0.15, -0.1) is 0 Å². The second-order valence-corrected chi connectivity index (χ2v) is 8.78. The maximum Gasteiger partial charge on any atom is 0.148 e. The first-order chi connectivity index (χ1) is 8.08. The molecule has 1 atom stereocenters. The first kappa shape index (κ1) is 15.9. The summed E-state index contributed by atoms with van der Waals surface area (Å²) in [7, 11) is -2.88. The molecule has 5 heteroatoms. The van der Waals surface area contributed by atoms with Gasteiger partial charge in [0.2, 0.25) is 0 Å². The summed E-state index contributed by atoms with van der Waals surface area (Å²) >= 11 is 0. The van der Waals surface area contributed by atoms with Crippen LogP contribution in [0.1, 0.15) is 40.5 Å². The number of nitrogens with one attached hydrogen (secondary N) is 1. The van der Waals surface area contributed by atoms with Crippen LogP contribution < -0.4 is 5.32 Å². The third kappa shape index (κ3) is 5.67. The molecule has 0 radical (unpaired) electrons. The normalized spacial score (nSPS) is 22.1. The molecular weight excluding hydrogens is 248 g/mol. The van der Waals surface area contributed by atoms with E-state index in [4.69, 9.17) is 0 Å². The molecule has 0 aromatic carbocycles. The maximum absolute atomic E-state index is 11.2. The first-order valence-corrected chi connectivity index (χ1v) is 8.83. The molecule has 1 rings (SSSR count). The molecule has 0 bridgehead atoms. The third-order valence-electron chi connectivity index (χ3n) is 3.52. The van der Waals surface area contributed by atoms with Gasteiger partial charge in [-0.2, -0.15) is 0 Å². The fourth-order valence-corrected chi connectivity index (χ4v) is 3.63. The van der Waals surface area contributed by atoms with Gasteiger partial charge in [0.15, 0.2) is 0 Å². The van der Waals surface area contributed by atoms with Crippen molar-refractivity contribution in [3.05, 3.63) is 0 Å². The van der Waals surface area contributed by atoms with Crippen molar-refractivity contribution < 1.29 is 8.42 Å². The van der Waals surface area contributed by atoms with Gasteiger partial charge in [-0.05, 0) is 40.5 Å². The Morgan fingerprint density at radius 1 is 1.28 bits per heavy atom. The third-order valence-corrected chi connectivity index (χ3v) is 4.62. The number of rotatable bonds is 4. The number of piperidine rings is 1. The first-order valence-electron chi connectivity index (χ1n) is 6.77. The van der Waals surface area contributed by atoms with Crippen molar-refractivity contribution in [2.24, 2.45) is 0 Å². The average molecular weight is 276 g/mol. The van der Waals surface area contributed by atoms with E-state index in [-0.39, 0.29) is 17.3 Å². The average Bonchev–Trinajstić information content (AvgIpc) is 2.13. The minimum absolute atomic E-state index is 0.0474. The molecule has 0 aromatic heterocycles. The number of likely N-dealkylation sites (tertiary alicyclic amines) is 1. The maximum atomic E-state index is 11.2. The van der Waals surface area contributed by atoms with Gasteiger partial charge < -0.3 is 5.32 Å². The van der Waals surface area contributed by atoms with Gasteiger partial charge >= 0.3 is 0 Å². The van der Waals surface area contributed by atoms with E-state index in [0.717, 1.165) is 25.9 Å². The molecule has 1 unspecified atom stereocenters. The van der Waals surface area contributed by atoms with E-state index in [9.17, 15) is 8.42 Å². The molecule has 1 fully saturated rings. The largest absolute Gasteiger partial charge is 0.310 e. The summed E-state index contributed by atoms with van der Waals surface area (Å²) in [5.74, 6) is 0.229. The molecule has 18 heavy (non-hydrogen) atoms. The Bertz CT molecular complexity index is 352. The summed E-state index contributed by atoms with van der Waals surface area (Å²) in [6, 6.07) is 0.506. The number of hydrogen-bond donors (Lipinski definition) is 1. The van der Waals surface area contributed by atoms with E-state index < -0.39 is 9.84 Å². The molecule has 4 nitrogen and oxygen atoms in total. The van der Waals surface area contributed by atoms with Gasteiger partial charge in [0.05, 0.1) is 5.75 Å². The Kier molecular flexibility index (Phi) is 5.21. The summed E-state index contributed by atoms with van der Waals surface area (Å²) in [4.78, 5) is 2.49. The van der Waals surface area contributed by atoms with Gasteiger partial charge in [-0.1, -0.05) is 0 Å². The Balaban J connectivity index is 2.36. The van der Waals surface area contributed by atoms with Crippen LogP contribution >= 0.6 is 0 Å². The summed E-state index contributed by atoms with van der Waals surface area (Å²) < 4.78 is 22.4. The lowest BCUT2D eigenvalue weighted by atomic mass is 9.98. The monoisotopic (exact) mass is 276 g/mol. The second kappa shape index (κ2) is 5.88. The van der Waals surface area contributed by atoms with E-state index in [1.165, 1.54) is 6.26 Å². The zero-order valence-electron chi connectivity index (χ0n) is 12.4. The van der Waals surface area contributed by atoms with E-state index in [1.807, 2.05) is 6.92 Å². The van der Waals surface area contributed by atoms with Crippen LogP contribution in [-0.4, -0.2) is 56.0 Å². The lowest BCUT2D eigenvalue weighted by Crippen LogP contribution is -2.51. The topological polar surface area (TPSA) is 49.4 Å². The quantitative estimate of drug-likeness (QED) is 0.840. The highest BCUT2D eigenvalue weighted by Crippen LogP contribution is 2.20. The van der Waals surface area contributed by atoms with Crippen molar-refractivity contribution in [2.45, 2.75) is 58.2 Å². The molecule has 1 aliphatic heterocycles. The molecule has 1 heterocycles. The number of nitrogens with zero attached hydrogens (tertiary/aromatic N) is 1. The highest BCUT2D eigenvalue weighted by atomic mass is 32.2. The van der Waals surface area contributed by atoms with E-state index >= 15 is 0 Å². The Morgan fingerprint density at radius 2 is 1.78 bits per heavy atom. The van der Waals surface area contributed by atoms with Gasteiger partial charge in [0.1, 0.15) is 9.84 Å². The van der Waals surface area contributed by atoms with Gasteiger partial charge in [-0.3, -0.25) is 4.90 Å². The van der Waals surface area contributed by atoms with E-state index in [2.05, 4.69) is 31.0 Å². The molecule has 1 saturated heterocycles. The van der Waals surface area contributed by atoms with Gasteiger partial charge in [0.25, 0.3) is 0 Å². The number of hydrogen-bond acceptors (Lipinski definition) is 4. The lowest BCUT2D eigenvalue weighted by Gasteiger charge is -2.41. The summed E-state index contributed by atoms with van der Waals surface area (Å²) in [5.41, 5.74) is 0.239. The minimum atomic E-state index is -2.88. The summed E-state index contributed by atoms with van der Waals surface area (Å²) in [6.07, 6.45) is 3.50. The van der Waals surface area contributed by atoms with Crippen LogP contribution in [0.5, 0.6) is 0 Å². The summed E-state index contributed by atoms with van der Waals surface area (Å²) in [6.45, 7) is 10.9. The zero-order valence-corrected chi connectivity index (χ0v) is 13.2. The zero-order chi connectivity index (χ0) is 14.0. The molecule has 0 saturated carbocycles. The SMILES string of the molecule is CC(CS(C)(=O)=O)NC1CCN(C(C)(C)C)CC1. The molecule has 108 valence electrons. The number of sulfone groups is 1. The van der Waals surface area contributed by atoms with Crippen LogP contribution in [0.2, 0.25) is 0 Å². The minimum Gasteiger partial charge on any atom is -0.310 e. The fraction of sp³-hybridized carbons (Fsp3) is 1.00. The van der Waals surface area contributed by atoms with Crippen LogP contribution in [0.25, 0.3) is 0 Å². The van der Waals surface area contributed by atoms with Crippen molar-refractivity contribution in [3.63, 3.8) is 0 Å². The Labute approximate surface area is 112 Å². The standard InChI is InChI=1S/C13H28N2O2S/c1-11(10-18(5,16)17)14-12-6-8-15(9-7-12)13(2,3)4/h11-12,14H,6-10H2,1-5H3. The Morgan fingerprint density at radius 3 is 2.17 bits per heavy atom. The molecule has 0 amide bonds. The van der Waals surface area contributed by atoms with Crippen LogP contribution in [0.3, 0.4) is 0 Å². The van der Waals surface area contributed by atoms with Crippen molar-refractivity contribution in [1.82, 2.24) is 10.2 Å². The highest BCUT2D eigenvalue weighted by Gasteiger charge is 2.27. The second-order valence-electron chi connectivity index (χ2n) is 6.59. The van der Waals surface area contributed by atoms with Gasteiger partial charge in [-0.25, -0.2) is 8.42 Å². The van der Waals surface area contributed by atoms with Crippen molar-refractivity contribution in [1.29, 1.82) is 0 Å². The molecule has 0 aromatic rings. The van der Waals surface area contributed by atoms with Crippen molar-refractivity contribution in [3.8, 4) is 0 Å². The van der Waals surface area contributed by atoms with E-state index in [0.29, 0.717) is 6.04 Å². The molecule has 1 aliphatic rings. The fourth-order valence-electron chi connectivity index (χ4n) is 2.62. The van der Waals surface area contributed by atoms with Crippen molar-refractivity contribution >= 4 is 9.84 Å². The van der Waals surface area contributed by atoms with E-state index in [1.54, 1.807) is 0 Å². The lowest BCUT2D eigenvalue weighted by molar-refractivity contribution is 0.0948. The van der Waals surface area contributed by atoms with Gasteiger partial charge in [0, 0.05) is 37.0 Å². The van der Waals surface area contributed by atoms with Crippen molar-refractivity contribution in [2.75, 3.05) is 25.1 Å². The highest BCUT2D eigenvalue weighted by molar-refractivity contribution is 7.90. The predicted molar refractivity (Wildman–Crippen MR) is 76.7 cm³/mol. The molecular formula is C13H28N2O2S. The van der Waals surface area contributed by atoms with Crippen LogP contribution in [0.4, 0.5) is 0 Å². The van der Waals surface area contributed by atoms with Crippen LogP contribution in [0, 0.1) is 0 Å². The molecule has 1 N–H and O–H groups in total. The smallest absolute Gasteiger partial charge is 0.148 e. The van der Waals surface area contributed by atoms with Crippen LogP contribution in [-0.2, 0) is 9.84 Å². The van der Waals surface area contributed by atoms with Crippen LogP contribution in [0.15, 0.2) is 0 Å². The molecule has 0 spiro atoms. The molecule has 0 aliphatic carbocycles. The predicted octanol–water partition coefficient (Wildman–Crippen LogP) is 1.27. The summed E-state index contributed by atoms with van der Waals surface area (Å²) in [5, 5.41) is 3.44. The Hall–Kier alpha value is -0.130.